The van der Waals surface area contributed by atoms with E-state index >= 15 is 0 Å². The van der Waals surface area contributed by atoms with Crippen LogP contribution in [0, 0.1) is 6.92 Å². The second-order valence-electron chi connectivity index (χ2n) is 6.72. The maximum Gasteiger partial charge on any atom is 0.229 e. The Labute approximate surface area is 163 Å². The highest BCUT2D eigenvalue weighted by atomic mass is 32.2. The molecule has 7 nitrogen and oxygen atoms in total. The summed E-state index contributed by atoms with van der Waals surface area (Å²) in [6.45, 7) is 2.06. The summed E-state index contributed by atoms with van der Waals surface area (Å²) in [4.78, 5) is 0. The molecule has 8 heteroatoms. The third kappa shape index (κ3) is 4.01. The number of aromatic nitrogens is 4. The Balaban J connectivity index is 1.64. The third-order valence-electron chi connectivity index (χ3n) is 4.29. The van der Waals surface area contributed by atoms with Crippen molar-refractivity contribution < 1.29 is 8.42 Å². The smallest absolute Gasteiger partial charge is 0.229 e. The van der Waals surface area contributed by atoms with Crippen LogP contribution in [0.5, 0.6) is 0 Å². The molecule has 0 spiro atoms. The molecule has 0 atom stereocenters. The van der Waals surface area contributed by atoms with E-state index in [1.54, 1.807) is 16.6 Å². The van der Waals surface area contributed by atoms with Crippen molar-refractivity contribution >= 4 is 21.4 Å². The van der Waals surface area contributed by atoms with E-state index in [1.807, 2.05) is 24.3 Å². The first-order valence-electron chi connectivity index (χ1n) is 8.72. The van der Waals surface area contributed by atoms with Gasteiger partial charge in [0.2, 0.25) is 10.0 Å². The topological polar surface area (TPSA) is 89.2 Å². The van der Waals surface area contributed by atoms with Gasteiger partial charge in [-0.15, -0.1) is 10.2 Å². The van der Waals surface area contributed by atoms with Gasteiger partial charge < -0.3 is 0 Å². The SMILES string of the molecule is Cc1ccc(Cc2nnc3ccc(-c4ccc(NS(C)(=O)=O)cc4)nn23)cc1. The molecule has 0 radical (unpaired) electrons. The van der Waals surface area contributed by atoms with Gasteiger partial charge in [-0.3, -0.25) is 4.72 Å². The summed E-state index contributed by atoms with van der Waals surface area (Å²) >= 11 is 0. The lowest BCUT2D eigenvalue weighted by Gasteiger charge is -2.06. The number of nitrogens with zero attached hydrogens (tertiary/aromatic N) is 4. The monoisotopic (exact) mass is 393 g/mol. The van der Waals surface area contributed by atoms with Crippen molar-refractivity contribution in [3.8, 4) is 11.3 Å². The standard InChI is InChI=1S/C20H19N5O2S/c1-14-3-5-15(6-4-14)13-20-22-21-19-12-11-18(23-25(19)20)16-7-9-17(10-8-16)24-28(2,26)27/h3-12,24H,13H2,1-2H3. The summed E-state index contributed by atoms with van der Waals surface area (Å²) in [7, 11) is -3.30. The van der Waals surface area contributed by atoms with Crippen molar-refractivity contribution in [2.24, 2.45) is 0 Å². The maximum atomic E-state index is 11.3. The Hall–Kier alpha value is -3.26. The number of nitrogens with one attached hydrogen (secondary N) is 1. The average molecular weight is 393 g/mol. The summed E-state index contributed by atoms with van der Waals surface area (Å²) in [6, 6.07) is 19.1. The van der Waals surface area contributed by atoms with E-state index in [4.69, 9.17) is 0 Å². The molecule has 0 saturated carbocycles. The molecule has 2 aromatic heterocycles. The zero-order valence-electron chi connectivity index (χ0n) is 15.5. The number of sulfonamides is 1. The molecule has 0 fully saturated rings. The highest BCUT2D eigenvalue weighted by molar-refractivity contribution is 7.92. The molecular formula is C20H19N5O2S. The summed E-state index contributed by atoms with van der Waals surface area (Å²) in [6.07, 6.45) is 1.76. The molecule has 0 bridgehead atoms. The van der Waals surface area contributed by atoms with Gasteiger partial charge in [0.25, 0.3) is 0 Å². The minimum absolute atomic E-state index is 0.511. The zero-order valence-corrected chi connectivity index (χ0v) is 16.3. The van der Waals surface area contributed by atoms with Crippen molar-refractivity contribution in [3.05, 3.63) is 77.6 Å². The van der Waals surface area contributed by atoms with E-state index in [0.29, 0.717) is 17.8 Å². The number of benzene rings is 2. The van der Waals surface area contributed by atoms with Crippen LogP contribution in [0.2, 0.25) is 0 Å². The van der Waals surface area contributed by atoms with Crippen molar-refractivity contribution in [3.63, 3.8) is 0 Å². The Bertz CT molecular complexity index is 1230. The fourth-order valence-electron chi connectivity index (χ4n) is 2.91. The van der Waals surface area contributed by atoms with Crippen molar-refractivity contribution in [1.82, 2.24) is 19.8 Å². The number of hydrogen-bond acceptors (Lipinski definition) is 5. The van der Waals surface area contributed by atoms with Crippen molar-refractivity contribution in [1.29, 1.82) is 0 Å². The minimum atomic E-state index is -3.30. The Morgan fingerprint density at radius 3 is 2.32 bits per heavy atom. The Morgan fingerprint density at radius 1 is 0.929 bits per heavy atom. The maximum absolute atomic E-state index is 11.3. The van der Waals surface area contributed by atoms with E-state index in [2.05, 4.69) is 51.2 Å². The molecule has 2 heterocycles. The van der Waals surface area contributed by atoms with Crippen LogP contribution in [0.4, 0.5) is 5.69 Å². The van der Waals surface area contributed by atoms with Gasteiger partial charge in [-0.25, -0.2) is 8.42 Å². The number of hydrogen-bond donors (Lipinski definition) is 1. The van der Waals surface area contributed by atoms with Gasteiger partial charge in [0.15, 0.2) is 11.5 Å². The first-order chi connectivity index (χ1) is 13.4. The molecule has 2 aromatic carbocycles. The first-order valence-corrected chi connectivity index (χ1v) is 10.6. The number of rotatable bonds is 5. The number of aryl methyl sites for hydroxylation is 1. The molecule has 1 N–H and O–H groups in total. The molecule has 28 heavy (non-hydrogen) atoms. The molecule has 0 aliphatic heterocycles. The molecule has 4 rings (SSSR count). The van der Waals surface area contributed by atoms with Crippen LogP contribution in [0.25, 0.3) is 16.9 Å². The molecule has 4 aromatic rings. The fraction of sp³-hybridized carbons (Fsp3) is 0.150. The van der Waals surface area contributed by atoms with Crippen LogP contribution in [0.1, 0.15) is 17.0 Å². The molecule has 0 amide bonds. The Morgan fingerprint density at radius 2 is 1.64 bits per heavy atom. The molecule has 0 unspecified atom stereocenters. The van der Waals surface area contributed by atoms with E-state index in [-0.39, 0.29) is 0 Å². The van der Waals surface area contributed by atoms with E-state index in [1.165, 1.54) is 5.56 Å². The van der Waals surface area contributed by atoms with Crippen LogP contribution >= 0.6 is 0 Å². The van der Waals surface area contributed by atoms with E-state index in [0.717, 1.165) is 28.9 Å². The van der Waals surface area contributed by atoms with E-state index < -0.39 is 10.0 Å². The van der Waals surface area contributed by atoms with Gasteiger partial charge in [0.1, 0.15) is 0 Å². The molecule has 0 aliphatic rings. The van der Waals surface area contributed by atoms with Crippen molar-refractivity contribution in [2.75, 3.05) is 11.0 Å². The molecule has 0 saturated heterocycles. The fourth-order valence-corrected chi connectivity index (χ4v) is 3.47. The predicted octanol–water partition coefficient (Wildman–Crippen LogP) is 3.06. The lowest BCUT2D eigenvalue weighted by Crippen LogP contribution is -2.09. The summed E-state index contributed by atoms with van der Waals surface area (Å²) in [5.41, 5.74) is 5.17. The highest BCUT2D eigenvalue weighted by Gasteiger charge is 2.10. The van der Waals surface area contributed by atoms with Gasteiger partial charge in [-0.2, -0.15) is 9.61 Å². The van der Waals surface area contributed by atoms with Gasteiger partial charge in [0.05, 0.1) is 11.9 Å². The minimum Gasteiger partial charge on any atom is -0.284 e. The quantitative estimate of drug-likeness (QED) is 0.563. The van der Waals surface area contributed by atoms with Crippen molar-refractivity contribution in [2.45, 2.75) is 13.3 Å². The van der Waals surface area contributed by atoms with Crippen LogP contribution in [-0.4, -0.2) is 34.5 Å². The lowest BCUT2D eigenvalue weighted by atomic mass is 10.1. The van der Waals surface area contributed by atoms with E-state index in [9.17, 15) is 8.42 Å². The Kier molecular flexibility index (Phi) is 4.56. The summed E-state index contributed by atoms with van der Waals surface area (Å²) in [5.74, 6) is 0.760. The predicted molar refractivity (Wildman–Crippen MR) is 109 cm³/mol. The highest BCUT2D eigenvalue weighted by Crippen LogP contribution is 2.21. The average Bonchev–Trinajstić information content (AvgIpc) is 3.05. The van der Waals surface area contributed by atoms with Crippen LogP contribution in [0.15, 0.2) is 60.7 Å². The first kappa shape index (κ1) is 18.1. The van der Waals surface area contributed by atoms with Gasteiger partial charge in [-0.1, -0.05) is 42.0 Å². The normalized spacial score (nSPS) is 11.6. The van der Waals surface area contributed by atoms with Crippen LogP contribution in [-0.2, 0) is 16.4 Å². The van der Waals surface area contributed by atoms with Crippen LogP contribution < -0.4 is 4.72 Å². The van der Waals surface area contributed by atoms with Gasteiger partial charge >= 0.3 is 0 Å². The largest absolute Gasteiger partial charge is 0.284 e. The third-order valence-corrected chi connectivity index (χ3v) is 4.90. The van der Waals surface area contributed by atoms with Crippen LogP contribution in [0.3, 0.4) is 0 Å². The van der Waals surface area contributed by atoms with Gasteiger partial charge in [0, 0.05) is 17.7 Å². The second-order valence-corrected chi connectivity index (χ2v) is 8.47. The van der Waals surface area contributed by atoms with Gasteiger partial charge in [-0.05, 0) is 36.8 Å². The lowest BCUT2D eigenvalue weighted by molar-refractivity contribution is 0.607. The molecule has 142 valence electrons. The second kappa shape index (κ2) is 7.05. The zero-order chi connectivity index (χ0) is 19.7. The number of anilines is 1. The summed E-state index contributed by atoms with van der Waals surface area (Å²) < 4.78 is 26.9. The molecule has 0 aliphatic carbocycles. The number of fused-ring (bicyclic) bond motifs is 1. The summed E-state index contributed by atoms with van der Waals surface area (Å²) in [5, 5.41) is 13.1. The molecular weight excluding hydrogens is 374 g/mol.